The van der Waals surface area contributed by atoms with Gasteiger partial charge in [0, 0.05) is 7.05 Å². The van der Waals surface area contributed by atoms with Gasteiger partial charge in [0.2, 0.25) is 15.9 Å². The molecule has 2 N–H and O–H groups in total. The number of carbonyl (C=O) groups excluding carboxylic acids is 1. The van der Waals surface area contributed by atoms with Crippen LogP contribution in [0.5, 0.6) is 0 Å². The third-order valence-electron chi connectivity index (χ3n) is 3.45. The second kappa shape index (κ2) is 5.87. The molecule has 7 nitrogen and oxygen atoms in total. The molecule has 0 heterocycles. The van der Waals surface area contributed by atoms with Crippen molar-refractivity contribution in [1.82, 2.24) is 9.62 Å². The molecular weight excluding hydrogens is 272 g/mol. The van der Waals surface area contributed by atoms with Gasteiger partial charge in [0.1, 0.15) is 5.54 Å². The highest BCUT2D eigenvalue weighted by Gasteiger charge is 2.42. The van der Waals surface area contributed by atoms with Crippen LogP contribution in [0.2, 0.25) is 0 Å². The van der Waals surface area contributed by atoms with Crippen LogP contribution in [-0.2, 0) is 19.6 Å². The number of hydrogen-bond acceptors (Lipinski definition) is 4. The zero-order valence-electron chi connectivity index (χ0n) is 11.2. The summed E-state index contributed by atoms with van der Waals surface area (Å²) in [6.45, 7) is 1.13. The largest absolute Gasteiger partial charge is 0.480 e. The molecule has 110 valence electrons. The summed E-state index contributed by atoms with van der Waals surface area (Å²) in [4.78, 5) is 23.1. The average Bonchev–Trinajstić information content (AvgIpc) is 2.78. The number of carbonyl (C=O) groups is 2. The second-order valence-corrected chi connectivity index (χ2v) is 7.16. The van der Waals surface area contributed by atoms with Crippen LogP contribution in [0.4, 0.5) is 0 Å². The van der Waals surface area contributed by atoms with Gasteiger partial charge in [-0.05, 0) is 19.8 Å². The van der Waals surface area contributed by atoms with Crippen molar-refractivity contribution in [2.75, 3.05) is 19.3 Å². The molecular formula is C11H20N2O5S. The predicted octanol–water partition coefficient (Wildman–Crippen LogP) is -0.218. The fraction of sp³-hybridized carbons (Fsp3) is 0.818. The Labute approximate surface area is 113 Å². The molecule has 0 bridgehead atoms. The highest BCUT2D eigenvalue weighted by molar-refractivity contribution is 7.89. The number of amides is 1. The van der Waals surface area contributed by atoms with E-state index in [1.54, 1.807) is 0 Å². The predicted molar refractivity (Wildman–Crippen MR) is 69.1 cm³/mol. The fourth-order valence-electron chi connectivity index (χ4n) is 2.20. The number of rotatable bonds is 6. The Morgan fingerprint density at radius 2 is 1.84 bits per heavy atom. The Morgan fingerprint density at radius 3 is 2.26 bits per heavy atom. The Kier molecular flexibility index (Phi) is 4.92. The molecule has 0 atom stereocenters. The molecule has 1 aliphatic rings. The molecule has 0 radical (unpaired) electrons. The van der Waals surface area contributed by atoms with Crippen LogP contribution in [0.3, 0.4) is 0 Å². The van der Waals surface area contributed by atoms with E-state index >= 15 is 0 Å². The maximum Gasteiger partial charge on any atom is 0.329 e. The first-order valence-electron chi connectivity index (χ1n) is 6.22. The maximum atomic E-state index is 11.8. The molecule has 1 rings (SSSR count). The fourth-order valence-corrected chi connectivity index (χ4v) is 2.95. The van der Waals surface area contributed by atoms with Crippen molar-refractivity contribution in [3.8, 4) is 0 Å². The Bertz CT molecular complexity index is 454. The van der Waals surface area contributed by atoms with Gasteiger partial charge >= 0.3 is 5.97 Å². The van der Waals surface area contributed by atoms with E-state index in [-0.39, 0.29) is 12.3 Å². The van der Waals surface area contributed by atoms with E-state index in [1.807, 2.05) is 0 Å². The van der Waals surface area contributed by atoms with Crippen molar-refractivity contribution in [2.45, 2.75) is 38.1 Å². The molecule has 0 aromatic rings. The normalized spacial score (nSPS) is 18.5. The first-order chi connectivity index (χ1) is 8.73. The number of nitrogens with one attached hydrogen (secondary N) is 1. The molecule has 1 amide bonds. The summed E-state index contributed by atoms with van der Waals surface area (Å²) in [5.41, 5.74) is -1.23. The van der Waals surface area contributed by atoms with Crippen LogP contribution in [0.25, 0.3) is 0 Å². The lowest BCUT2D eigenvalue weighted by molar-refractivity contribution is -0.147. The summed E-state index contributed by atoms with van der Waals surface area (Å²) in [6, 6.07) is 0. The van der Waals surface area contributed by atoms with Gasteiger partial charge in [0.05, 0.1) is 12.3 Å². The summed E-state index contributed by atoms with van der Waals surface area (Å²) < 4.78 is 24.0. The van der Waals surface area contributed by atoms with Crippen LogP contribution in [0.1, 0.15) is 32.6 Å². The number of carboxylic acids is 1. The highest BCUT2D eigenvalue weighted by Crippen LogP contribution is 2.29. The first-order valence-corrected chi connectivity index (χ1v) is 7.83. The molecule has 0 aromatic carbocycles. The van der Waals surface area contributed by atoms with Crippen molar-refractivity contribution >= 4 is 21.9 Å². The van der Waals surface area contributed by atoms with Crippen LogP contribution in [0.15, 0.2) is 0 Å². The van der Waals surface area contributed by atoms with Crippen LogP contribution < -0.4 is 5.32 Å². The summed E-state index contributed by atoms with van der Waals surface area (Å²) >= 11 is 0. The lowest BCUT2D eigenvalue weighted by Gasteiger charge is -2.26. The minimum Gasteiger partial charge on any atom is -0.480 e. The van der Waals surface area contributed by atoms with Crippen molar-refractivity contribution in [1.29, 1.82) is 0 Å². The summed E-state index contributed by atoms with van der Waals surface area (Å²) in [6.07, 6.45) is 2.27. The number of hydrogen-bond donors (Lipinski definition) is 2. The van der Waals surface area contributed by atoms with E-state index in [0.717, 1.165) is 17.1 Å². The van der Waals surface area contributed by atoms with Crippen LogP contribution >= 0.6 is 0 Å². The van der Waals surface area contributed by atoms with E-state index in [0.29, 0.717) is 12.8 Å². The Morgan fingerprint density at radius 1 is 1.32 bits per heavy atom. The van der Waals surface area contributed by atoms with Crippen molar-refractivity contribution in [2.24, 2.45) is 0 Å². The van der Waals surface area contributed by atoms with Gasteiger partial charge in [-0.2, -0.15) is 4.31 Å². The third-order valence-corrected chi connectivity index (χ3v) is 5.26. The summed E-state index contributed by atoms with van der Waals surface area (Å²) in [7, 11) is -2.14. The molecule has 19 heavy (non-hydrogen) atoms. The minimum atomic E-state index is -3.44. The minimum absolute atomic E-state index is 0.0964. The first kappa shape index (κ1) is 15.9. The van der Waals surface area contributed by atoms with Gasteiger partial charge in [-0.1, -0.05) is 12.8 Å². The topological polar surface area (TPSA) is 104 Å². The zero-order valence-corrected chi connectivity index (χ0v) is 12.0. The highest BCUT2D eigenvalue weighted by atomic mass is 32.2. The van der Waals surface area contributed by atoms with Gasteiger partial charge in [-0.15, -0.1) is 0 Å². The van der Waals surface area contributed by atoms with Gasteiger partial charge in [-0.25, -0.2) is 13.2 Å². The Balaban J connectivity index is 2.67. The van der Waals surface area contributed by atoms with Crippen LogP contribution in [-0.4, -0.2) is 54.6 Å². The van der Waals surface area contributed by atoms with Crippen molar-refractivity contribution in [3.63, 3.8) is 0 Å². The van der Waals surface area contributed by atoms with E-state index in [1.165, 1.54) is 14.0 Å². The maximum absolute atomic E-state index is 11.8. The molecule has 0 aliphatic heterocycles. The number of sulfonamides is 1. The molecule has 0 aromatic heterocycles. The number of carboxylic acid groups (broad SMARTS) is 1. The molecule has 0 unspecified atom stereocenters. The van der Waals surface area contributed by atoms with Gasteiger partial charge < -0.3 is 10.4 Å². The van der Waals surface area contributed by atoms with Crippen molar-refractivity contribution < 1.29 is 23.1 Å². The van der Waals surface area contributed by atoms with Crippen molar-refractivity contribution in [3.05, 3.63) is 0 Å². The third kappa shape index (κ3) is 3.66. The smallest absolute Gasteiger partial charge is 0.329 e. The molecule has 0 spiro atoms. The standard InChI is InChI=1S/C11H20N2O5S/c1-3-19(17,18)13(2)8-9(14)12-11(10(15)16)6-4-5-7-11/h3-8H2,1-2H3,(H,12,14)(H,15,16). The van der Waals surface area contributed by atoms with Gasteiger partial charge in [0.15, 0.2) is 0 Å². The number of likely N-dealkylation sites (N-methyl/N-ethyl adjacent to an activating group) is 1. The van der Waals surface area contributed by atoms with E-state index in [9.17, 15) is 23.1 Å². The van der Waals surface area contributed by atoms with Gasteiger partial charge in [-0.3, -0.25) is 4.79 Å². The van der Waals surface area contributed by atoms with E-state index in [4.69, 9.17) is 0 Å². The SMILES string of the molecule is CCS(=O)(=O)N(C)CC(=O)NC1(C(=O)O)CCCC1. The average molecular weight is 292 g/mol. The molecule has 0 saturated heterocycles. The number of nitrogens with zero attached hydrogens (tertiary/aromatic N) is 1. The van der Waals surface area contributed by atoms with E-state index in [2.05, 4.69) is 5.32 Å². The molecule has 1 fully saturated rings. The molecule has 1 saturated carbocycles. The summed E-state index contributed by atoms with van der Waals surface area (Å²) in [5.74, 6) is -1.73. The second-order valence-electron chi connectivity index (χ2n) is 4.80. The molecule has 8 heteroatoms. The lowest BCUT2D eigenvalue weighted by Crippen LogP contribution is -2.55. The summed E-state index contributed by atoms with van der Waals surface area (Å²) in [5, 5.41) is 11.7. The van der Waals surface area contributed by atoms with Gasteiger partial charge in [0.25, 0.3) is 0 Å². The monoisotopic (exact) mass is 292 g/mol. The van der Waals surface area contributed by atoms with Crippen LogP contribution in [0, 0.1) is 0 Å². The quantitative estimate of drug-likeness (QED) is 0.704. The molecule has 1 aliphatic carbocycles. The lowest BCUT2D eigenvalue weighted by atomic mass is 9.98. The van der Waals surface area contributed by atoms with E-state index < -0.39 is 27.4 Å². The Hall–Kier alpha value is -1.15. The number of aliphatic carboxylic acids is 1. The zero-order chi connectivity index (χ0) is 14.7.